The summed E-state index contributed by atoms with van der Waals surface area (Å²) in [7, 11) is 0. The molecule has 0 aromatic heterocycles. The molecule has 1 unspecified atom stereocenters. The lowest BCUT2D eigenvalue weighted by atomic mass is 10.0. The van der Waals surface area contributed by atoms with E-state index in [2.05, 4.69) is 5.32 Å². The second-order valence-corrected chi connectivity index (χ2v) is 8.01. The Bertz CT molecular complexity index is 899. The van der Waals surface area contributed by atoms with Crippen LogP contribution in [0.3, 0.4) is 0 Å². The van der Waals surface area contributed by atoms with Crippen molar-refractivity contribution in [1.29, 1.82) is 0 Å². The number of halogens is 3. The molecule has 0 bridgehead atoms. The SMILES string of the molecule is CC(NCc1ccccc1C(=O)C(Cl)(Cl)Cl)OC(=O)Oc1ccc([N+](=O)[O-])cc1. The maximum absolute atomic E-state index is 12.2. The van der Waals surface area contributed by atoms with Gasteiger partial charge in [-0.3, -0.25) is 20.2 Å². The fraction of sp³-hybridized carbons (Fsp3) is 0.222. The molecule has 0 spiro atoms. The molecule has 0 radical (unpaired) electrons. The Morgan fingerprint density at radius 3 is 2.34 bits per heavy atom. The zero-order valence-electron chi connectivity index (χ0n) is 14.9. The summed E-state index contributed by atoms with van der Waals surface area (Å²) in [6.07, 6.45) is -1.79. The van der Waals surface area contributed by atoms with Gasteiger partial charge in [0.05, 0.1) is 4.92 Å². The molecule has 2 aromatic rings. The van der Waals surface area contributed by atoms with Gasteiger partial charge in [0.15, 0.2) is 6.23 Å². The van der Waals surface area contributed by atoms with E-state index in [-0.39, 0.29) is 23.5 Å². The zero-order valence-corrected chi connectivity index (χ0v) is 17.2. The maximum Gasteiger partial charge on any atom is 0.515 e. The van der Waals surface area contributed by atoms with Crippen LogP contribution < -0.4 is 10.1 Å². The highest BCUT2D eigenvalue weighted by atomic mass is 35.6. The van der Waals surface area contributed by atoms with Crippen molar-refractivity contribution in [3.05, 3.63) is 69.8 Å². The number of nitro groups is 1. The third-order valence-electron chi connectivity index (χ3n) is 3.62. The number of non-ortho nitro benzene ring substituents is 1. The number of nitro benzene ring substituents is 1. The molecular formula is C18H15Cl3N2O6. The van der Waals surface area contributed by atoms with Gasteiger partial charge < -0.3 is 9.47 Å². The number of ketones is 1. The van der Waals surface area contributed by atoms with E-state index in [0.717, 1.165) is 0 Å². The predicted molar refractivity (Wildman–Crippen MR) is 108 cm³/mol. The van der Waals surface area contributed by atoms with Gasteiger partial charge >= 0.3 is 6.16 Å². The minimum Gasteiger partial charge on any atom is -0.415 e. The van der Waals surface area contributed by atoms with E-state index in [1.54, 1.807) is 25.1 Å². The van der Waals surface area contributed by atoms with E-state index in [0.29, 0.717) is 5.56 Å². The molecule has 0 aliphatic carbocycles. The summed E-state index contributed by atoms with van der Waals surface area (Å²) in [4.78, 5) is 34.1. The van der Waals surface area contributed by atoms with Crippen LogP contribution in [0.25, 0.3) is 0 Å². The first-order chi connectivity index (χ1) is 13.6. The van der Waals surface area contributed by atoms with Gasteiger partial charge in [0.1, 0.15) is 5.75 Å². The normalized spacial score (nSPS) is 12.1. The molecule has 29 heavy (non-hydrogen) atoms. The molecule has 1 N–H and O–H groups in total. The number of benzene rings is 2. The lowest BCUT2D eigenvalue weighted by molar-refractivity contribution is -0.384. The second-order valence-electron chi connectivity index (χ2n) is 5.73. The van der Waals surface area contributed by atoms with E-state index in [1.165, 1.54) is 30.3 Å². The summed E-state index contributed by atoms with van der Waals surface area (Å²) in [5.74, 6) is -0.586. The van der Waals surface area contributed by atoms with Crippen LogP contribution in [-0.4, -0.2) is 26.9 Å². The lowest BCUT2D eigenvalue weighted by Crippen LogP contribution is -2.32. The molecular weight excluding hydrogens is 447 g/mol. The Morgan fingerprint density at radius 2 is 1.76 bits per heavy atom. The molecule has 8 nitrogen and oxygen atoms in total. The molecule has 2 aromatic carbocycles. The van der Waals surface area contributed by atoms with E-state index < -0.39 is 26.9 Å². The van der Waals surface area contributed by atoms with Crippen LogP contribution in [0.2, 0.25) is 0 Å². The summed E-state index contributed by atoms with van der Waals surface area (Å²) < 4.78 is 7.91. The predicted octanol–water partition coefficient (Wildman–Crippen LogP) is 4.80. The number of hydrogen-bond donors (Lipinski definition) is 1. The molecule has 0 saturated carbocycles. The van der Waals surface area contributed by atoms with Gasteiger partial charge in [-0.1, -0.05) is 59.1 Å². The molecule has 0 aliphatic rings. The van der Waals surface area contributed by atoms with E-state index in [9.17, 15) is 19.7 Å². The molecule has 0 aliphatic heterocycles. The standard InChI is InChI=1S/C18H15Cl3N2O6/c1-11(28-17(25)29-14-8-6-13(7-9-14)23(26)27)22-10-12-4-2-3-5-15(12)16(24)18(19,20)21/h2-9,11,22H,10H2,1H3. The fourth-order valence-electron chi connectivity index (χ4n) is 2.24. The largest absolute Gasteiger partial charge is 0.515 e. The first kappa shape index (κ1) is 22.9. The van der Waals surface area contributed by atoms with E-state index in [1.807, 2.05) is 0 Å². The number of nitrogens with zero attached hydrogens (tertiary/aromatic N) is 1. The number of alkyl halides is 3. The van der Waals surface area contributed by atoms with Crippen molar-refractivity contribution in [2.45, 2.75) is 23.5 Å². The average molecular weight is 462 g/mol. The van der Waals surface area contributed by atoms with Crippen LogP contribution in [0.4, 0.5) is 10.5 Å². The van der Waals surface area contributed by atoms with Gasteiger partial charge in [0.25, 0.3) is 9.48 Å². The Morgan fingerprint density at radius 1 is 1.14 bits per heavy atom. The molecule has 0 heterocycles. The fourth-order valence-corrected chi connectivity index (χ4v) is 2.55. The molecule has 0 amide bonds. The number of carbonyl (C=O) groups is 2. The minimum atomic E-state index is -2.09. The summed E-state index contributed by atoms with van der Waals surface area (Å²) in [5, 5.41) is 13.5. The van der Waals surface area contributed by atoms with Crippen molar-refractivity contribution in [2.24, 2.45) is 0 Å². The van der Waals surface area contributed by atoms with Gasteiger partial charge in [-0.25, -0.2) is 4.79 Å². The summed E-state index contributed by atoms with van der Waals surface area (Å²) >= 11 is 17.0. The van der Waals surface area contributed by atoms with Gasteiger partial charge in [-0.15, -0.1) is 0 Å². The number of Topliss-reactive ketones (excluding diaryl/α,β-unsaturated/α-hetero) is 1. The lowest BCUT2D eigenvalue weighted by Gasteiger charge is -2.17. The number of rotatable bonds is 7. The number of hydrogen-bond acceptors (Lipinski definition) is 7. The molecule has 1 atom stereocenters. The monoisotopic (exact) mass is 460 g/mol. The molecule has 0 fully saturated rings. The van der Waals surface area contributed by atoms with Gasteiger partial charge in [0.2, 0.25) is 5.78 Å². The molecule has 11 heteroatoms. The van der Waals surface area contributed by atoms with Crippen LogP contribution in [0.1, 0.15) is 22.8 Å². The quantitative estimate of drug-likeness (QED) is 0.120. The van der Waals surface area contributed by atoms with Gasteiger partial charge in [-0.2, -0.15) is 0 Å². The first-order valence-electron chi connectivity index (χ1n) is 8.13. The Balaban J connectivity index is 1.91. The van der Waals surface area contributed by atoms with Crippen LogP contribution in [0, 0.1) is 10.1 Å². The van der Waals surface area contributed by atoms with E-state index >= 15 is 0 Å². The van der Waals surface area contributed by atoms with Crippen LogP contribution in [0.5, 0.6) is 5.75 Å². The number of carbonyl (C=O) groups excluding carboxylic acids is 2. The van der Waals surface area contributed by atoms with Crippen molar-refractivity contribution in [3.63, 3.8) is 0 Å². The van der Waals surface area contributed by atoms with Crippen molar-refractivity contribution >= 4 is 52.4 Å². The minimum absolute atomic E-state index is 0.0893. The Labute approximate surface area is 180 Å². The van der Waals surface area contributed by atoms with Crippen LogP contribution in [0.15, 0.2) is 48.5 Å². The van der Waals surface area contributed by atoms with Crippen molar-refractivity contribution in [1.82, 2.24) is 5.32 Å². The average Bonchev–Trinajstić information content (AvgIpc) is 2.65. The van der Waals surface area contributed by atoms with Crippen LogP contribution >= 0.6 is 34.8 Å². The van der Waals surface area contributed by atoms with E-state index in [4.69, 9.17) is 44.3 Å². The maximum atomic E-state index is 12.2. The van der Waals surface area contributed by atoms with Crippen LogP contribution in [-0.2, 0) is 11.3 Å². The smallest absolute Gasteiger partial charge is 0.415 e. The summed E-state index contributed by atoms with van der Waals surface area (Å²) in [6.45, 7) is 1.70. The van der Waals surface area contributed by atoms with Crippen molar-refractivity contribution in [2.75, 3.05) is 0 Å². The number of ether oxygens (including phenoxy) is 2. The zero-order chi connectivity index (χ0) is 21.6. The second kappa shape index (κ2) is 9.89. The highest BCUT2D eigenvalue weighted by Gasteiger charge is 2.32. The van der Waals surface area contributed by atoms with Gasteiger partial charge in [0, 0.05) is 24.2 Å². The summed E-state index contributed by atoms with van der Waals surface area (Å²) in [5.41, 5.74) is 0.632. The van der Waals surface area contributed by atoms with Gasteiger partial charge in [-0.05, 0) is 24.6 Å². The molecule has 0 saturated heterocycles. The Kier molecular flexibility index (Phi) is 7.80. The molecule has 2 rings (SSSR count). The highest BCUT2D eigenvalue weighted by molar-refractivity contribution is 6.77. The van der Waals surface area contributed by atoms with Crippen molar-refractivity contribution in [3.8, 4) is 5.75 Å². The summed E-state index contributed by atoms with van der Waals surface area (Å²) in [6, 6.07) is 11.5. The highest BCUT2D eigenvalue weighted by Crippen LogP contribution is 2.31. The molecule has 154 valence electrons. The topological polar surface area (TPSA) is 108 Å². The third kappa shape index (κ3) is 6.86. The number of nitrogens with one attached hydrogen (secondary N) is 1. The Hall–Kier alpha value is -2.39. The van der Waals surface area contributed by atoms with Crippen molar-refractivity contribution < 1.29 is 24.0 Å². The third-order valence-corrected chi connectivity index (χ3v) is 4.14. The first-order valence-corrected chi connectivity index (χ1v) is 9.27.